The zero-order valence-corrected chi connectivity index (χ0v) is 9.89. The van der Waals surface area contributed by atoms with Gasteiger partial charge in [-0.05, 0) is 46.9 Å². The van der Waals surface area contributed by atoms with Crippen LogP contribution in [0.2, 0.25) is 0 Å². The Hall–Kier alpha value is -1.03. The number of nitrogen functional groups attached to an aromatic ring is 1. The van der Waals surface area contributed by atoms with E-state index in [1.807, 2.05) is 60.7 Å². The Labute approximate surface area is 98.1 Å². The van der Waals surface area contributed by atoms with Gasteiger partial charge in [0.15, 0.2) is 0 Å². The van der Waals surface area contributed by atoms with Crippen LogP contribution in [-0.2, 0) is 0 Å². The molecule has 72 valence electrons. The van der Waals surface area contributed by atoms with Crippen LogP contribution in [0.5, 0.6) is 0 Å². The van der Waals surface area contributed by atoms with Crippen LogP contribution in [0.4, 0.5) is 5.69 Å². The lowest BCUT2D eigenvalue weighted by atomic mass is 10.3. The van der Waals surface area contributed by atoms with Crippen molar-refractivity contribution in [2.24, 2.45) is 0 Å². The number of hydrogen-bond acceptors (Lipinski definition) is 1. The van der Waals surface area contributed by atoms with Gasteiger partial charge in [0.1, 0.15) is 0 Å². The van der Waals surface area contributed by atoms with Gasteiger partial charge in [-0.2, -0.15) is 0 Å². The highest BCUT2D eigenvalue weighted by Crippen LogP contribution is 2.06. The minimum Gasteiger partial charge on any atom is -0.399 e. The summed E-state index contributed by atoms with van der Waals surface area (Å²) in [5.74, 6) is 0. The van der Waals surface area contributed by atoms with Crippen molar-refractivity contribution in [1.29, 1.82) is 0 Å². The highest BCUT2D eigenvalue weighted by atomic mass is 127. The first-order valence-corrected chi connectivity index (χ1v) is 5.38. The molecular weight excluding hydrogens is 285 g/mol. The minimum atomic E-state index is 0.824. The topological polar surface area (TPSA) is 26.0 Å². The third-order valence-corrected chi connectivity index (χ3v) is 2.26. The van der Waals surface area contributed by atoms with Crippen LogP contribution in [0.1, 0.15) is 0 Å². The van der Waals surface area contributed by atoms with Crippen LogP contribution in [0.15, 0.2) is 60.7 Å². The average molecular weight is 297 g/mol. The van der Waals surface area contributed by atoms with Gasteiger partial charge in [0.25, 0.3) is 0 Å². The van der Waals surface area contributed by atoms with Crippen molar-refractivity contribution in [2.45, 2.75) is 0 Å². The summed E-state index contributed by atoms with van der Waals surface area (Å²) in [7, 11) is 0. The molecule has 0 bridgehead atoms. The molecule has 2 heteroatoms. The highest BCUT2D eigenvalue weighted by molar-refractivity contribution is 14.1. The van der Waals surface area contributed by atoms with Gasteiger partial charge >= 0.3 is 0 Å². The van der Waals surface area contributed by atoms with Gasteiger partial charge in [-0.3, -0.25) is 0 Å². The van der Waals surface area contributed by atoms with E-state index in [9.17, 15) is 0 Å². The van der Waals surface area contributed by atoms with E-state index >= 15 is 0 Å². The van der Waals surface area contributed by atoms with Crippen molar-refractivity contribution in [2.75, 3.05) is 5.73 Å². The summed E-state index contributed by atoms with van der Waals surface area (Å²) in [5, 5.41) is 0. The molecule has 2 aromatic rings. The van der Waals surface area contributed by atoms with Crippen molar-refractivity contribution >= 4 is 28.3 Å². The lowest BCUT2D eigenvalue weighted by Crippen LogP contribution is -1.81. The Kier molecular flexibility index (Phi) is 5.07. The summed E-state index contributed by atoms with van der Waals surface area (Å²) in [4.78, 5) is 0. The lowest BCUT2D eigenvalue weighted by molar-refractivity contribution is 1.63. The van der Waals surface area contributed by atoms with Crippen LogP contribution in [0.25, 0.3) is 0 Å². The fraction of sp³-hybridized carbons (Fsp3) is 0. The molecule has 0 atom stereocenters. The monoisotopic (exact) mass is 297 g/mol. The van der Waals surface area contributed by atoms with E-state index in [1.165, 1.54) is 3.57 Å². The summed E-state index contributed by atoms with van der Waals surface area (Å²) in [5.41, 5.74) is 6.25. The van der Waals surface area contributed by atoms with Crippen LogP contribution in [-0.4, -0.2) is 0 Å². The van der Waals surface area contributed by atoms with Gasteiger partial charge in [0.05, 0.1) is 0 Å². The molecule has 14 heavy (non-hydrogen) atoms. The van der Waals surface area contributed by atoms with E-state index < -0.39 is 0 Å². The van der Waals surface area contributed by atoms with Gasteiger partial charge in [0.2, 0.25) is 0 Å². The quantitative estimate of drug-likeness (QED) is 0.584. The first-order chi connectivity index (χ1) is 6.79. The molecule has 2 rings (SSSR count). The van der Waals surface area contributed by atoms with Crippen LogP contribution in [0.3, 0.4) is 0 Å². The summed E-state index contributed by atoms with van der Waals surface area (Å²) in [6.45, 7) is 0. The first-order valence-electron chi connectivity index (χ1n) is 4.30. The molecule has 2 aromatic carbocycles. The second kappa shape index (κ2) is 6.43. The molecule has 0 spiro atoms. The number of rotatable bonds is 0. The Morgan fingerprint density at radius 2 is 1.07 bits per heavy atom. The van der Waals surface area contributed by atoms with Gasteiger partial charge in [-0.15, -0.1) is 0 Å². The highest BCUT2D eigenvalue weighted by Gasteiger charge is 1.81. The molecule has 0 unspecified atom stereocenters. The molecule has 0 aliphatic heterocycles. The number of anilines is 1. The third kappa shape index (κ3) is 4.87. The SMILES string of the molecule is Nc1ccc(I)cc1.c1ccccc1. The Morgan fingerprint density at radius 1 is 0.714 bits per heavy atom. The van der Waals surface area contributed by atoms with Crippen LogP contribution >= 0.6 is 22.6 Å². The molecular formula is C12H12IN. The minimum absolute atomic E-state index is 0.824. The van der Waals surface area contributed by atoms with E-state index in [-0.39, 0.29) is 0 Å². The maximum Gasteiger partial charge on any atom is 0.0314 e. The second-order valence-corrected chi connectivity index (χ2v) is 3.95. The van der Waals surface area contributed by atoms with Crippen molar-refractivity contribution in [1.82, 2.24) is 0 Å². The normalized spacial score (nSPS) is 8.64. The fourth-order valence-electron chi connectivity index (χ4n) is 0.848. The van der Waals surface area contributed by atoms with Gasteiger partial charge in [-0.25, -0.2) is 0 Å². The number of nitrogens with two attached hydrogens (primary N) is 1. The van der Waals surface area contributed by atoms with Crippen molar-refractivity contribution < 1.29 is 0 Å². The van der Waals surface area contributed by atoms with Crippen molar-refractivity contribution in [3.05, 3.63) is 64.2 Å². The molecule has 0 aliphatic rings. The maximum atomic E-state index is 5.42. The van der Waals surface area contributed by atoms with E-state index in [0.717, 1.165) is 5.69 Å². The molecule has 0 saturated carbocycles. The van der Waals surface area contributed by atoms with Crippen molar-refractivity contribution in [3.63, 3.8) is 0 Å². The maximum absolute atomic E-state index is 5.42. The molecule has 0 aliphatic carbocycles. The molecule has 0 amide bonds. The standard InChI is InChI=1S/C6H6IN.C6H6/c7-5-1-3-6(8)4-2-5;1-2-4-6-5-3-1/h1-4H,8H2;1-6H. The Morgan fingerprint density at radius 3 is 1.36 bits per heavy atom. The van der Waals surface area contributed by atoms with Crippen LogP contribution < -0.4 is 5.73 Å². The molecule has 0 saturated heterocycles. The molecule has 0 aromatic heterocycles. The molecule has 0 heterocycles. The van der Waals surface area contributed by atoms with Crippen LogP contribution in [0, 0.1) is 3.57 Å². The second-order valence-electron chi connectivity index (χ2n) is 2.71. The van der Waals surface area contributed by atoms with E-state index in [2.05, 4.69) is 22.6 Å². The molecule has 0 fully saturated rings. The van der Waals surface area contributed by atoms with Crippen molar-refractivity contribution in [3.8, 4) is 0 Å². The third-order valence-electron chi connectivity index (χ3n) is 1.54. The zero-order valence-electron chi connectivity index (χ0n) is 7.73. The zero-order chi connectivity index (χ0) is 10.2. The number of halogens is 1. The van der Waals surface area contributed by atoms with Gasteiger partial charge in [-0.1, -0.05) is 36.4 Å². The molecule has 0 radical (unpaired) electrons. The smallest absolute Gasteiger partial charge is 0.0314 e. The largest absolute Gasteiger partial charge is 0.399 e. The average Bonchev–Trinajstić information content (AvgIpc) is 2.26. The predicted molar refractivity (Wildman–Crippen MR) is 70.0 cm³/mol. The first kappa shape index (κ1) is 11.0. The summed E-state index contributed by atoms with van der Waals surface area (Å²) in [6.07, 6.45) is 0. The van der Waals surface area contributed by atoms with E-state index in [0.29, 0.717) is 0 Å². The van der Waals surface area contributed by atoms with Gasteiger partial charge in [0, 0.05) is 9.26 Å². The number of benzene rings is 2. The Balaban J connectivity index is 0.000000146. The number of hydrogen-bond donors (Lipinski definition) is 1. The summed E-state index contributed by atoms with van der Waals surface area (Å²) >= 11 is 2.24. The molecule has 2 N–H and O–H groups in total. The summed E-state index contributed by atoms with van der Waals surface area (Å²) in [6, 6.07) is 19.7. The van der Waals surface area contributed by atoms with E-state index in [4.69, 9.17) is 5.73 Å². The predicted octanol–water partition coefficient (Wildman–Crippen LogP) is 3.56. The van der Waals surface area contributed by atoms with E-state index in [1.54, 1.807) is 0 Å². The molecule has 1 nitrogen and oxygen atoms in total. The Bertz CT molecular complexity index is 295. The van der Waals surface area contributed by atoms with Gasteiger partial charge < -0.3 is 5.73 Å². The lowest BCUT2D eigenvalue weighted by Gasteiger charge is -1.89. The fourth-order valence-corrected chi connectivity index (χ4v) is 1.21. The summed E-state index contributed by atoms with van der Waals surface area (Å²) < 4.78 is 1.22.